The molecule has 0 fully saturated rings. The van der Waals surface area contributed by atoms with Crippen molar-refractivity contribution in [1.29, 1.82) is 0 Å². The van der Waals surface area contributed by atoms with Crippen LogP contribution < -0.4 is 10.5 Å². The first kappa shape index (κ1) is 17.5. The van der Waals surface area contributed by atoms with Crippen LogP contribution in [0.15, 0.2) is 47.3 Å². The lowest BCUT2D eigenvalue weighted by Crippen LogP contribution is -2.27. The summed E-state index contributed by atoms with van der Waals surface area (Å²) in [5.74, 6) is 0.723. The van der Waals surface area contributed by atoms with Crippen LogP contribution >= 0.6 is 0 Å². The molecule has 0 spiro atoms. The van der Waals surface area contributed by atoms with Gasteiger partial charge in [-0.05, 0) is 55.7 Å². The van der Waals surface area contributed by atoms with Crippen molar-refractivity contribution in [3.05, 3.63) is 69.8 Å². The Morgan fingerprint density at radius 2 is 1.96 bits per heavy atom. The number of amides is 1. The van der Waals surface area contributed by atoms with Gasteiger partial charge in [-0.15, -0.1) is 0 Å². The highest BCUT2D eigenvalue weighted by Gasteiger charge is 2.17. The number of carbonyl (C=O) groups is 1. The molecule has 0 saturated heterocycles. The summed E-state index contributed by atoms with van der Waals surface area (Å²) in [6, 6.07) is 13.0. The van der Waals surface area contributed by atoms with Gasteiger partial charge in [0.2, 0.25) is 0 Å². The highest BCUT2D eigenvalue weighted by atomic mass is 16.2. The van der Waals surface area contributed by atoms with E-state index in [1.54, 1.807) is 34.7 Å². The van der Waals surface area contributed by atoms with Crippen LogP contribution in [0.3, 0.4) is 0 Å². The molecule has 1 amide bonds. The maximum absolute atomic E-state index is 12.9. The molecule has 0 N–H and O–H groups in total. The molecular formula is C22H23N3O2. The highest BCUT2D eigenvalue weighted by molar-refractivity contribution is 6.07. The zero-order valence-electron chi connectivity index (χ0n) is 15.7. The van der Waals surface area contributed by atoms with E-state index in [-0.39, 0.29) is 11.5 Å². The molecule has 3 aromatic rings. The smallest absolute Gasteiger partial charge is 0.261 e. The van der Waals surface area contributed by atoms with Gasteiger partial charge in [0.15, 0.2) is 0 Å². The molecule has 0 unspecified atom stereocenters. The van der Waals surface area contributed by atoms with Crippen molar-refractivity contribution >= 4 is 22.5 Å². The van der Waals surface area contributed by atoms with E-state index in [1.807, 2.05) is 31.2 Å². The topological polar surface area (TPSA) is 55.2 Å². The average Bonchev–Trinajstić information content (AvgIpc) is 2.92. The van der Waals surface area contributed by atoms with Crippen LogP contribution in [-0.2, 0) is 13.0 Å². The Kier molecular flexibility index (Phi) is 4.52. The van der Waals surface area contributed by atoms with Gasteiger partial charge >= 0.3 is 0 Å². The fourth-order valence-electron chi connectivity index (χ4n) is 3.70. The average molecular weight is 361 g/mol. The van der Waals surface area contributed by atoms with Gasteiger partial charge in [-0.3, -0.25) is 14.2 Å². The number of benzene rings is 2. The van der Waals surface area contributed by atoms with Crippen molar-refractivity contribution in [2.24, 2.45) is 0 Å². The van der Waals surface area contributed by atoms with E-state index in [4.69, 9.17) is 4.98 Å². The SMILES string of the molecule is Cc1cccc(N(C)C(=O)c2ccc3c(=O)n4c(nc3c2)CCCCC4)c1. The number of hydrogen-bond donors (Lipinski definition) is 0. The summed E-state index contributed by atoms with van der Waals surface area (Å²) >= 11 is 0. The third kappa shape index (κ3) is 3.25. The maximum Gasteiger partial charge on any atom is 0.261 e. The first-order valence-corrected chi connectivity index (χ1v) is 9.43. The van der Waals surface area contributed by atoms with Crippen molar-refractivity contribution in [2.75, 3.05) is 11.9 Å². The number of nitrogens with zero attached hydrogens (tertiary/aromatic N) is 3. The van der Waals surface area contributed by atoms with Crippen LogP contribution in [-0.4, -0.2) is 22.5 Å². The van der Waals surface area contributed by atoms with Crippen molar-refractivity contribution in [3.8, 4) is 0 Å². The van der Waals surface area contributed by atoms with Crippen molar-refractivity contribution in [3.63, 3.8) is 0 Å². The van der Waals surface area contributed by atoms with Gasteiger partial charge in [-0.1, -0.05) is 18.6 Å². The monoisotopic (exact) mass is 361 g/mol. The van der Waals surface area contributed by atoms with Crippen LogP contribution in [0.2, 0.25) is 0 Å². The Morgan fingerprint density at radius 3 is 2.78 bits per heavy atom. The number of aromatic nitrogens is 2. The lowest BCUT2D eigenvalue weighted by atomic mass is 10.1. The minimum Gasteiger partial charge on any atom is -0.311 e. The number of aryl methyl sites for hydroxylation is 2. The second kappa shape index (κ2) is 6.99. The Morgan fingerprint density at radius 1 is 1.11 bits per heavy atom. The molecule has 0 bridgehead atoms. The van der Waals surface area contributed by atoms with Crippen molar-refractivity contribution in [1.82, 2.24) is 9.55 Å². The molecule has 27 heavy (non-hydrogen) atoms. The summed E-state index contributed by atoms with van der Waals surface area (Å²) in [6.07, 6.45) is 3.99. The van der Waals surface area contributed by atoms with Gasteiger partial charge < -0.3 is 4.90 Å². The second-order valence-electron chi connectivity index (χ2n) is 7.23. The first-order valence-electron chi connectivity index (χ1n) is 9.43. The number of hydrogen-bond acceptors (Lipinski definition) is 3. The summed E-state index contributed by atoms with van der Waals surface area (Å²) in [4.78, 5) is 32.1. The van der Waals surface area contributed by atoms with E-state index in [0.29, 0.717) is 16.5 Å². The molecule has 0 aliphatic carbocycles. The lowest BCUT2D eigenvalue weighted by Gasteiger charge is -2.18. The standard InChI is InChI=1S/C22H23N3O2/c1-15-7-6-8-17(13-15)24(2)21(26)16-10-11-18-19(14-16)23-20-9-4-3-5-12-25(20)22(18)27/h6-8,10-11,13-14H,3-5,9,12H2,1-2H3. The van der Waals surface area contributed by atoms with E-state index < -0.39 is 0 Å². The van der Waals surface area contributed by atoms with Gasteiger partial charge in [0.25, 0.3) is 11.5 Å². The Labute approximate surface area is 158 Å². The molecule has 5 heteroatoms. The Bertz CT molecular complexity index is 1080. The van der Waals surface area contributed by atoms with Crippen LogP contribution in [0.5, 0.6) is 0 Å². The van der Waals surface area contributed by atoms with Crippen molar-refractivity contribution < 1.29 is 4.79 Å². The Balaban J connectivity index is 1.75. The van der Waals surface area contributed by atoms with Gasteiger partial charge in [0.1, 0.15) is 5.82 Å². The summed E-state index contributed by atoms with van der Waals surface area (Å²) < 4.78 is 1.80. The van der Waals surface area contributed by atoms with E-state index in [1.165, 1.54) is 0 Å². The number of carbonyl (C=O) groups excluding carboxylic acids is 1. The highest BCUT2D eigenvalue weighted by Crippen LogP contribution is 2.20. The lowest BCUT2D eigenvalue weighted by molar-refractivity contribution is 0.0993. The molecule has 0 radical (unpaired) electrons. The quantitative estimate of drug-likeness (QED) is 0.699. The molecule has 1 aliphatic rings. The third-order valence-corrected chi connectivity index (χ3v) is 5.26. The molecule has 138 valence electrons. The molecule has 4 rings (SSSR count). The van der Waals surface area contributed by atoms with Crippen LogP contribution in [0, 0.1) is 6.92 Å². The van der Waals surface area contributed by atoms with Gasteiger partial charge in [0, 0.05) is 31.3 Å². The Hall–Kier alpha value is -2.95. The summed E-state index contributed by atoms with van der Waals surface area (Å²) in [5, 5.41) is 0.579. The minimum atomic E-state index is -0.112. The molecule has 0 saturated carbocycles. The second-order valence-corrected chi connectivity index (χ2v) is 7.23. The van der Waals surface area contributed by atoms with Crippen molar-refractivity contribution in [2.45, 2.75) is 39.2 Å². The fraction of sp³-hybridized carbons (Fsp3) is 0.318. The van der Waals surface area contributed by atoms with E-state index >= 15 is 0 Å². The normalized spacial score (nSPS) is 13.9. The molecule has 0 atom stereocenters. The summed E-state index contributed by atoms with van der Waals surface area (Å²) in [7, 11) is 1.76. The molecule has 2 heterocycles. The summed E-state index contributed by atoms with van der Waals surface area (Å²) in [6.45, 7) is 2.73. The molecule has 1 aromatic heterocycles. The van der Waals surface area contributed by atoms with Gasteiger partial charge in [-0.25, -0.2) is 4.98 Å². The molecule has 1 aliphatic heterocycles. The van der Waals surface area contributed by atoms with Gasteiger partial charge in [0.05, 0.1) is 10.9 Å². The zero-order valence-corrected chi connectivity index (χ0v) is 15.7. The van der Waals surface area contributed by atoms with Gasteiger partial charge in [-0.2, -0.15) is 0 Å². The number of fused-ring (bicyclic) bond motifs is 2. The first-order chi connectivity index (χ1) is 13.0. The predicted molar refractivity (Wildman–Crippen MR) is 107 cm³/mol. The van der Waals surface area contributed by atoms with Crippen LogP contribution in [0.1, 0.15) is 41.0 Å². The minimum absolute atomic E-state index is 0.00272. The summed E-state index contributed by atoms with van der Waals surface area (Å²) in [5.41, 5.74) is 3.09. The zero-order chi connectivity index (χ0) is 19.0. The van der Waals surface area contributed by atoms with E-state index in [2.05, 4.69) is 0 Å². The fourth-order valence-corrected chi connectivity index (χ4v) is 3.70. The van der Waals surface area contributed by atoms with E-state index in [9.17, 15) is 9.59 Å². The number of rotatable bonds is 2. The third-order valence-electron chi connectivity index (χ3n) is 5.26. The molecule has 2 aromatic carbocycles. The van der Waals surface area contributed by atoms with Crippen LogP contribution in [0.25, 0.3) is 10.9 Å². The maximum atomic E-state index is 12.9. The molecular weight excluding hydrogens is 338 g/mol. The van der Waals surface area contributed by atoms with E-state index in [0.717, 1.165) is 49.3 Å². The molecule has 5 nitrogen and oxygen atoms in total. The van der Waals surface area contributed by atoms with Crippen LogP contribution in [0.4, 0.5) is 5.69 Å². The number of anilines is 1. The predicted octanol–water partition coefficient (Wildman–Crippen LogP) is 3.71. The largest absolute Gasteiger partial charge is 0.311 e.